The first kappa shape index (κ1) is 25.0. The fourth-order valence-electron chi connectivity index (χ4n) is 5.40. The van der Waals surface area contributed by atoms with Crippen LogP contribution >= 0.6 is 0 Å². The Labute approximate surface area is 223 Å². The summed E-state index contributed by atoms with van der Waals surface area (Å²) < 4.78 is 21.9. The van der Waals surface area contributed by atoms with E-state index in [0.717, 1.165) is 10.5 Å². The molecule has 2 aliphatic heterocycles. The third-order valence-corrected chi connectivity index (χ3v) is 7.34. The van der Waals surface area contributed by atoms with Crippen LogP contribution in [0.1, 0.15) is 18.7 Å². The van der Waals surface area contributed by atoms with Crippen molar-refractivity contribution in [1.29, 1.82) is 0 Å². The van der Waals surface area contributed by atoms with Gasteiger partial charge in [0, 0.05) is 17.3 Å². The number of methoxy groups -OCH3 is 1. The van der Waals surface area contributed by atoms with Gasteiger partial charge < -0.3 is 29.0 Å². The molecule has 1 N–H and O–H groups in total. The number of rotatable bonds is 7. The lowest BCUT2D eigenvalue weighted by Crippen LogP contribution is -2.65. The van der Waals surface area contributed by atoms with Crippen molar-refractivity contribution in [1.82, 2.24) is 19.9 Å². The normalized spacial score (nSPS) is 24.3. The molecule has 4 atom stereocenters. The van der Waals surface area contributed by atoms with Gasteiger partial charge in [-0.15, -0.1) is 0 Å². The van der Waals surface area contributed by atoms with Crippen molar-refractivity contribution in [2.45, 2.75) is 37.6 Å². The Balaban J connectivity index is 1.23. The number of imide groups is 1. The molecule has 1 saturated carbocycles. The highest BCUT2D eigenvalue weighted by molar-refractivity contribution is 6.01. The van der Waals surface area contributed by atoms with Crippen LogP contribution in [0.5, 0.6) is 5.75 Å². The predicted molar refractivity (Wildman–Crippen MR) is 135 cm³/mol. The van der Waals surface area contributed by atoms with E-state index in [1.165, 1.54) is 4.90 Å². The Morgan fingerprint density at radius 1 is 1.05 bits per heavy atom. The summed E-state index contributed by atoms with van der Waals surface area (Å²) in [7, 11) is 1.56. The molecular weight excluding hydrogens is 506 g/mol. The number of fused-ring (bicyclic) bond motifs is 2. The second-order valence-corrected chi connectivity index (χ2v) is 9.66. The first-order valence-corrected chi connectivity index (χ1v) is 12.7. The minimum atomic E-state index is -0.594. The molecule has 4 amide bonds. The smallest absolute Gasteiger partial charge is 0.327 e. The average molecular weight is 534 g/mol. The molecule has 12 nitrogen and oxygen atoms in total. The zero-order valence-electron chi connectivity index (χ0n) is 21.2. The summed E-state index contributed by atoms with van der Waals surface area (Å²) in [5.74, 6) is -0.181. The van der Waals surface area contributed by atoms with E-state index in [4.69, 9.17) is 18.7 Å². The largest absolute Gasteiger partial charge is 0.497 e. The molecule has 3 aromatic rings. The molecule has 0 spiro atoms. The van der Waals surface area contributed by atoms with Gasteiger partial charge in [-0.1, -0.05) is 35.5 Å². The maximum atomic E-state index is 13.7. The van der Waals surface area contributed by atoms with Gasteiger partial charge in [0.1, 0.15) is 25.6 Å². The molecule has 3 fully saturated rings. The number of carbonyl (C=O) groups is 3. The Morgan fingerprint density at radius 2 is 1.79 bits per heavy atom. The van der Waals surface area contributed by atoms with Gasteiger partial charge in [-0.05, 0) is 37.1 Å². The van der Waals surface area contributed by atoms with Crippen molar-refractivity contribution < 1.29 is 33.1 Å². The quantitative estimate of drug-likeness (QED) is 0.486. The van der Waals surface area contributed by atoms with Crippen LogP contribution in [0.2, 0.25) is 0 Å². The number of ether oxygens (including phenoxy) is 3. The first-order valence-electron chi connectivity index (χ1n) is 12.7. The van der Waals surface area contributed by atoms with Crippen molar-refractivity contribution >= 4 is 23.5 Å². The van der Waals surface area contributed by atoms with Crippen LogP contribution in [0.4, 0.5) is 10.5 Å². The summed E-state index contributed by atoms with van der Waals surface area (Å²) in [6.07, 6.45) is 0.297. The maximum absolute atomic E-state index is 13.7. The van der Waals surface area contributed by atoms with Crippen molar-refractivity contribution in [2.24, 2.45) is 5.92 Å². The fraction of sp³-hybridized carbons (Fsp3) is 0.370. The molecule has 1 aromatic heterocycles. The van der Waals surface area contributed by atoms with E-state index in [9.17, 15) is 14.4 Å². The first-order chi connectivity index (χ1) is 19.0. The number of aromatic nitrogens is 2. The highest BCUT2D eigenvalue weighted by Crippen LogP contribution is 2.39. The van der Waals surface area contributed by atoms with E-state index >= 15 is 0 Å². The molecule has 6 rings (SSSR count). The number of benzene rings is 2. The number of hydrogen-bond donors (Lipinski definition) is 1. The lowest BCUT2D eigenvalue weighted by Gasteiger charge is -2.48. The number of nitrogens with zero attached hydrogens (tertiary/aromatic N) is 4. The topological polar surface area (TPSA) is 136 Å². The van der Waals surface area contributed by atoms with Crippen LogP contribution < -0.4 is 10.1 Å². The van der Waals surface area contributed by atoms with Crippen LogP contribution in [0, 0.1) is 5.92 Å². The number of amides is 4. The van der Waals surface area contributed by atoms with E-state index in [1.807, 2.05) is 30.3 Å². The third-order valence-electron chi connectivity index (χ3n) is 7.34. The van der Waals surface area contributed by atoms with Crippen LogP contribution in [-0.2, 0) is 25.6 Å². The molecule has 4 unspecified atom stereocenters. The minimum absolute atomic E-state index is 0.116. The van der Waals surface area contributed by atoms with E-state index in [0.29, 0.717) is 30.1 Å². The lowest BCUT2D eigenvalue weighted by atomic mass is 9.78. The molecule has 39 heavy (non-hydrogen) atoms. The number of hydrogen-bond acceptors (Lipinski definition) is 9. The van der Waals surface area contributed by atoms with E-state index in [-0.39, 0.29) is 43.9 Å². The Bertz CT molecular complexity index is 1360. The maximum Gasteiger partial charge on any atom is 0.327 e. The lowest BCUT2D eigenvalue weighted by molar-refractivity contribution is -0.145. The van der Waals surface area contributed by atoms with Crippen LogP contribution in [0.25, 0.3) is 11.4 Å². The molecule has 202 valence electrons. The van der Waals surface area contributed by atoms with E-state index < -0.39 is 23.9 Å². The minimum Gasteiger partial charge on any atom is -0.497 e. The second kappa shape index (κ2) is 10.5. The fourth-order valence-corrected chi connectivity index (χ4v) is 5.40. The van der Waals surface area contributed by atoms with Gasteiger partial charge in [0.25, 0.3) is 0 Å². The summed E-state index contributed by atoms with van der Waals surface area (Å²) in [5.41, 5.74) is 1.31. The third kappa shape index (κ3) is 4.95. The van der Waals surface area contributed by atoms with Gasteiger partial charge in [-0.3, -0.25) is 14.5 Å². The predicted octanol–water partition coefficient (Wildman–Crippen LogP) is 2.67. The van der Waals surface area contributed by atoms with Crippen LogP contribution in [-0.4, -0.2) is 76.5 Å². The zero-order chi connectivity index (χ0) is 26.9. The number of anilines is 1. The van der Waals surface area contributed by atoms with Crippen molar-refractivity contribution in [3.8, 4) is 17.1 Å². The van der Waals surface area contributed by atoms with Gasteiger partial charge in [0.2, 0.25) is 23.5 Å². The SMILES string of the molecule is COc1ccc(NC(=O)CN2C(=O)N(Cc3nc(-c4ccccc4)no3)C(=O)C3CC4OCOC4CC32)cc1. The zero-order valence-corrected chi connectivity index (χ0v) is 21.2. The molecule has 1 aliphatic carbocycles. The van der Waals surface area contributed by atoms with Crippen molar-refractivity contribution in [2.75, 3.05) is 25.8 Å². The summed E-state index contributed by atoms with van der Waals surface area (Å²) in [6.45, 7) is -0.307. The Hall–Kier alpha value is -4.29. The summed E-state index contributed by atoms with van der Waals surface area (Å²) in [6, 6.07) is 15.0. The number of carbonyl (C=O) groups excluding carboxylic acids is 3. The Kier molecular flexibility index (Phi) is 6.71. The molecule has 2 aromatic carbocycles. The number of nitrogens with one attached hydrogen (secondary N) is 1. The van der Waals surface area contributed by atoms with Crippen LogP contribution in [0.3, 0.4) is 0 Å². The molecule has 3 heterocycles. The van der Waals surface area contributed by atoms with Gasteiger partial charge >= 0.3 is 6.03 Å². The van der Waals surface area contributed by atoms with E-state index in [2.05, 4.69) is 15.5 Å². The van der Waals surface area contributed by atoms with Gasteiger partial charge in [0.05, 0.1) is 25.2 Å². The molecule has 0 radical (unpaired) electrons. The Morgan fingerprint density at radius 3 is 2.54 bits per heavy atom. The summed E-state index contributed by atoms with van der Waals surface area (Å²) >= 11 is 0. The standard InChI is InChI=1S/C27H27N5O7/c1-36-18-9-7-17(8-10-18)28-23(33)13-31-20-12-22-21(37-15-38-22)11-19(20)26(34)32(27(31)35)14-24-29-25(30-39-24)16-5-3-2-4-6-16/h2-10,19-22H,11-15H2,1H3,(H,28,33). The monoisotopic (exact) mass is 533 g/mol. The van der Waals surface area contributed by atoms with Crippen molar-refractivity contribution in [3.05, 3.63) is 60.5 Å². The average Bonchev–Trinajstić information content (AvgIpc) is 3.63. The summed E-state index contributed by atoms with van der Waals surface area (Å²) in [4.78, 5) is 47.3. The molecular formula is C27H27N5O7. The summed E-state index contributed by atoms with van der Waals surface area (Å²) in [5, 5.41) is 6.81. The van der Waals surface area contributed by atoms with Crippen LogP contribution in [0.15, 0.2) is 59.1 Å². The highest BCUT2D eigenvalue weighted by Gasteiger charge is 2.53. The van der Waals surface area contributed by atoms with E-state index in [1.54, 1.807) is 31.4 Å². The number of urea groups is 1. The van der Waals surface area contributed by atoms with Crippen molar-refractivity contribution in [3.63, 3.8) is 0 Å². The molecule has 3 aliphatic rings. The molecule has 2 saturated heterocycles. The van der Waals surface area contributed by atoms with Gasteiger partial charge in [-0.25, -0.2) is 4.79 Å². The van der Waals surface area contributed by atoms with Gasteiger partial charge in [0.15, 0.2) is 0 Å². The second-order valence-electron chi connectivity index (χ2n) is 9.66. The molecule has 12 heteroatoms. The molecule has 0 bridgehead atoms. The highest BCUT2D eigenvalue weighted by atomic mass is 16.7. The van der Waals surface area contributed by atoms with Gasteiger partial charge in [-0.2, -0.15) is 4.98 Å².